The largest absolute Gasteiger partial charge is 0.417 e. The zero-order valence-electron chi connectivity index (χ0n) is 5.69. The summed E-state index contributed by atoms with van der Waals surface area (Å²) in [6.45, 7) is 0. The lowest BCUT2D eigenvalue weighted by atomic mass is 9.97. The van der Waals surface area contributed by atoms with Crippen molar-refractivity contribution >= 4 is 24.9 Å². The molecule has 12 heavy (non-hydrogen) atoms. The summed E-state index contributed by atoms with van der Waals surface area (Å²) < 4.78 is 35.9. The molecule has 1 nitrogen and oxygen atoms in total. The minimum absolute atomic E-state index is 0.122. The summed E-state index contributed by atoms with van der Waals surface area (Å²) in [6, 6.07) is 0.745. The van der Waals surface area contributed by atoms with E-state index in [1.807, 2.05) is 0 Å². The van der Waals surface area contributed by atoms with E-state index in [2.05, 4.69) is 4.98 Å². The van der Waals surface area contributed by atoms with Gasteiger partial charge in [0.1, 0.15) is 13.0 Å². The van der Waals surface area contributed by atoms with Gasteiger partial charge in [-0.05, 0) is 0 Å². The van der Waals surface area contributed by atoms with Crippen molar-refractivity contribution < 1.29 is 13.2 Å². The molecule has 0 saturated heterocycles. The zero-order valence-corrected chi connectivity index (χ0v) is 6.45. The maximum atomic E-state index is 12.0. The summed E-state index contributed by atoms with van der Waals surface area (Å²) in [5, 5.41) is -0.122. The monoisotopic (exact) mass is 191 g/mol. The number of hydrogen-bond donors (Lipinski definition) is 0. The van der Waals surface area contributed by atoms with Gasteiger partial charge in [0.15, 0.2) is 0 Å². The van der Waals surface area contributed by atoms with Gasteiger partial charge in [-0.3, -0.25) is 0 Å². The predicted octanol–water partition coefficient (Wildman–Crippen LogP) is 1.55. The van der Waals surface area contributed by atoms with Crippen molar-refractivity contribution in [3.8, 4) is 0 Å². The number of halogens is 4. The lowest BCUT2D eigenvalue weighted by Gasteiger charge is -2.06. The lowest BCUT2D eigenvalue weighted by molar-refractivity contribution is -0.137. The first-order valence-electron chi connectivity index (χ1n) is 2.89. The van der Waals surface area contributed by atoms with Crippen LogP contribution in [0.1, 0.15) is 5.56 Å². The molecule has 62 valence electrons. The Morgan fingerprint density at radius 1 is 1.42 bits per heavy atom. The van der Waals surface area contributed by atoms with Crippen LogP contribution in [0, 0.1) is 0 Å². The Hall–Kier alpha value is -0.705. The van der Waals surface area contributed by atoms with Gasteiger partial charge in [0.25, 0.3) is 0 Å². The quantitative estimate of drug-likeness (QED) is 0.448. The van der Waals surface area contributed by atoms with Gasteiger partial charge < -0.3 is 0 Å². The minimum Gasteiger partial charge on any atom is -0.245 e. The van der Waals surface area contributed by atoms with E-state index in [-0.39, 0.29) is 10.6 Å². The second-order valence-corrected chi connectivity index (χ2v) is 2.46. The van der Waals surface area contributed by atoms with Gasteiger partial charge in [0, 0.05) is 6.20 Å². The van der Waals surface area contributed by atoms with Crippen molar-refractivity contribution in [1.82, 2.24) is 4.98 Å². The van der Waals surface area contributed by atoms with Crippen molar-refractivity contribution in [1.29, 1.82) is 0 Å². The molecule has 1 rings (SSSR count). The molecule has 6 heteroatoms. The Kier molecular flexibility index (Phi) is 2.33. The first-order chi connectivity index (χ1) is 5.41. The van der Waals surface area contributed by atoms with Crippen LogP contribution in [-0.4, -0.2) is 12.8 Å². The molecule has 0 aliphatic heterocycles. The average molecular weight is 191 g/mol. The van der Waals surface area contributed by atoms with Crippen LogP contribution in [0.4, 0.5) is 13.2 Å². The van der Waals surface area contributed by atoms with Gasteiger partial charge in [-0.15, -0.1) is 0 Å². The van der Waals surface area contributed by atoms with E-state index in [4.69, 9.17) is 19.4 Å². The highest BCUT2D eigenvalue weighted by molar-refractivity contribution is 6.44. The van der Waals surface area contributed by atoms with Crippen LogP contribution in [0.25, 0.3) is 0 Å². The summed E-state index contributed by atoms with van der Waals surface area (Å²) in [4.78, 5) is 3.27. The first kappa shape index (κ1) is 9.38. The van der Waals surface area contributed by atoms with Gasteiger partial charge in [-0.1, -0.05) is 23.1 Å². The average Bonchev–Trinajstić information content (AvgIpc) is 1.92. The number of rotatable bonds is 0. The maximum Gasteiger partial charge on any atom is 0.417 e. The summed E-state index contributed by atoms with van der Waals surface area (Å²) in [6.07, 6.45) is -3.79. The molecule has 1 heterocycles. The molecule has 0 aliphatic rings. The maximum absolute atomic E-state index is 12.0. The molecule has 0 unspecified atom stereocenters. The molecule has 2 radical (unpaired) electrons. The molecule has 1 aromatic rings. The molecule has 0 atom stereocenters. The Labute approximate surface area is 73.0 Å². The molecule has 0 aromatic carbocycles. The van der Waals surface area contributed by atoms with E-state index in [1.165, 1.54) is 0 Å². The van der Waals surface area contributed by atoms with Crippen LogP contribution in [0.5, 0.6) is 0 Å². The van der Waals surface area contributed by atoms with E-state index in [0.29, 0.717) is 6.20 Å². The standard InChI is InChI=1S/C6H2BClF3N/c7-4-1-3(6(9,10)11)2-12-5(4)8/h1-2H. The molecule has 0 spiro atoms. The van der Waals surface area contributed by atoms with E-state index < -0.39 is 11.7 Å². The van der Waals surface area contributed by atoms with Crippen LogP contribution in [0.15, 0.2) is 12.3 Å². The fraction of sp³-hybridized carbons (Fsp3) is 0.167. The molecule has 0 aliphatic carbocycles. The van der Waals surface area contributed by atoms with Crippen LogP contribution in [0.2, 0.25) is 5.15 Å². The van der Waals surface area contributed by atoms with E-state index in [1.54, 1.807) is 0 Å². The summed E-state index contributed by atoms with van der Waals surface area (Å²) >= 11 is 5.33. The first-order valence-corrected chi connectivity index (χ1v) is 3.27. The van der Waals surface area contributed by atoms with E-state index in [0.717, 1.165) is 6.07 Å². The highest BCUT2D eigenvalue weighted by atomic mass is 35.5. The molecule has 0 saturated carbocycles. The third-order valence-electron chi connectivity index (χ3n) is 1.19. The normalized spacial score (nSPS) is 11.7. The van der Waals surface area contributed by atoms with Crippen LogP contribution >= 0.6 is 11.6 Å². The van der Waals surface area contributed by atoms with Gasteiger partial charge in [0.05, 0.1) is 5.56 Å². The van der Waals surface area contributed by atoms with Crippen LogP contribution < -0.4 is 5.46 Å². The molecule has 0 bridgehead atoms. The van der Waals surface area contributed by atoms with Crippen molar-refractivity contribution in [2.45, 2.75) is 6.18 Å². The van der Waals surface area contributed by atoms with Gasteiger partial charge in [-0.2, -0.15) is 13.2 Å². The van der Waals surface area contributed by atoms with Gasteiger partial charge in [-0.25, -0.2) is 4.98 Å². The van der Waals surface area contributed by atoms with Crippen LogP contribution in [0.3, 0.4) is 0 Å². The Balaban J connectivity index is 3.14. The fourth-order valence-corrected chi connectivity index (χ4v) is 0.723. The fourth-order valence-electron chi connectivity index (χ4n) is 0.620. The van der Waals surface area contributed by atoms with Crippen molar-refractivity contribution in [2.24, 2.45) is 0 Å². The molecular formula is C6H2BClF3N. The molecule has 0 fully saturated rings. The topological polar surface area (TPSA) is 12.9 Å². The molecule has 0 amide bonds. The zero-order chi connectivity index (χ0) is 9.35. The summed E-state index contributed by atoms with van der Waals surface area (Å²) in [5.41, 5.74) is -1.07. The number of alkyl halides is 3. The van der Waals surface area contributed by atoms with E-state index >= 15 is 0 Å². The van der Waals surface area contributed by atoms with Crippen molar-refractivity contribution in [3.05, 3.63) is 23.0 Å². The lowest BCUT2D eigenvalue weighted by Crippen LogP contribution is -2.13. The number of nitrogens with zero attached hydrogens (tertiary/aromatic N) is 1. The van der Waals surface area contributed by atoms with Crippen molar-refractivity contribution in [2.75, 3.05) is 0 Å². The summed E-state index contributed by atoms with van der Waals surface area (Å²) in [7, 11) is 5.12. The predicted molar refractivity (Wildman–Crippen MR) is 39.6 cm³/mol. The molecular weight excluding hydrogens is 189 g/mol. The Morgan fingerprint density at radius 2 is 2.00 bits per heavy atom. The van der Waals surface area contributed by atoms with E-state index in [9.17, 15) is 13.2 Å². The smallest absolute Gasteiger partial charge is 0.245 e. The third-order valence-corrected chi connectivity index (χ3v) is 1.51. The number of aromatic nitrogens is 1. The molecule has 0 N–H and O–H groups in total. The van der Waals surface area contributed by atoms with Gasteiger partial charge >= 0.3 is 6.18 Å². The SMILES string of the molecule is [B]c1cc(C(F)(F)F)cnc1Cl. The van der Waals surface area contributed by atoms with Gasteiger partial charge in [0.2, 0.25) is 0 Å². The highest BCUT2D eigenvalue weighted by Crippen LogP contribution is 2.28. The minimum atomic E-state index is -4.42. The molecule has 1 aromatic heterocycles. The third kappa shape index (κ3) is 1.91. The summed E-state index contributed by atoms with van der Waals surface area (Å²) in [5.74, 6) is 0. The number of hydrogen-bond acceptors (Lipinski definition) is 1. The second kappa shape index (κ2) is 2.97. The van der Waals surface area contributed by atoms with Crippen molar-refractivity contribution in [3.63, 3.8) is 0 Å². The Morgan fingerprint density at radius 3 is 2.42 bits per heavy atom. The Bertz CT molecular complexity index is 299. The number of pyridine rings is 1. The highest BCUT2D eigenvalue weighted by Gasteiger charge is 2.30. The second-order valence-electron chi connectivity index (χ2n) is 2.10. The van der Waals surface area contributed by atoms with Crippen LogP contribution in [-0.2, 0) is 6.18 Å².